The van der Waals surface area contributed by atoms with E-state index in [4.69, 9.17) is 37.4 Å². The molecule has 0 aromatic heterocycles. The van der Waals surface area contributed by atoms with Gasteiger partial charge in [0.15, 0.2) is 0 Å². The van der Waals surface area contributed by atoms with Crippen LogP contribution >= 0.6 is 23.2 Å². The molecule has 15 rings (SSSR count). The van der Waals surface area contributed by atoms with E-state index in [1.165, 1.54) is 86.1 Å². The number of carboxylic acids is 1. The Morgan fingerprint density at radius 3 is 0.972 bits per heavy atom. The fourth-order valence-electron chi connectivity index (χ4n) is 17.7. The molecule has 6 N–H and O–H groups in total. The van der Waals surface area contributed by atoms with Crippen molar-refractivity contribution in [2.75, 3.05) is 83.1 Å². The molecule has 11 aromatic rings. The third kappa shape index (κ3) is 36.2. The van der Waals surface area contributed by atoms with Gasteiger partial charge in [-0.2, -0.15) is 4.99 Å². The molecule has 4 aliphatic heterocycles. The number of piperidine rings is 4. The number of aliphatic carboxylic acids is 1. The molecule has 0 radical (unpaired) electrons. The Labute approximate surface area is 846 Å². The van der Waals surface area contributed by atoms with Crippen molar-refractivity contribution in [3.8, 4) is 61.8 Å². The van der Waals surface area contributed by atoms with Crippen molar-refractivity contribution in [3.63, 3.8) is 0 Å². The average molecular weight is 2010 g/mol. The van der Waals surface area contributed by atoms with Crippen LogP contribution in [0, 0.1) is 0 Å². The van der Waals surface area contributed by atoms with Gasteiger partial charge in [-0.05, 0) is 217 Å². The average Bonchev–Trinajstić information content (AvgIpc) is 0.790. The molecule has 0 saturated carbocycles. The number of amides is 5. The number of hydrogen-bond donors (Lipinski definition) is 5. The van der Waals surface area contributed by atoms with E-state index in [0.29, 0.717) is 89.0 Å². The van der Waals surface area contributed by atoms with Gasteiger partial charge in [0.05, 0.1) is 32.4 Å². The molecule has 0 spiro atoms. The number of aliphatic imine (C=N–C) groups is 1. The van der Waals surface area contributed by atoms with E-state index in [0.717, 1.165) is 139 Å². The van der Waals surface area contributed by atoms with Crippen molar-refractivity contribution in [2.24, 2.45) is 4.99 Å². The third-order valence-electron chi connectivity index (χ3n) is 24.9. The smallest absolute Gasteiger partial charge is 0.870 e. The Kier molecular flexibility index (Phi) is 44.8. The van der Waals surface area contributed by atoms with Crippen LogP contribution < -0.4 is 54.3 Å². The SMILES string of the molecule is COC(=O)CCC1(c2ccc(-c3ccccc3)cc2)CCC(=O)NC1.COC(=O)CCC1(c2ccc(-c3ccccc3)cc2)CCCN(C(=O)Nc2ccc(OC(F)(F)F)cc2)C1.COC(=O)CCC1(c2ccc(-c3ccccc3)cc2)CCCNC1.ClCCl.O=C(O)CCC1(c2ccc(-c3ccccc3)cc2)CCCN(C(=O)Nc2ccc(OC(F)(F)F)cc2)C1.O=C=Nc1ccc(OC(F)(F)F)cc1.[Li+].[OH-]. The minimum atomic E-state index is -4.79. The number of ether oxygens (including phenoxy) is 6. The van der Waals surface area contributed by atoms with E-state index >= 15 is 0 Å². The van der Waals surface area contributed by atoms with Crippen LogP contribution in [0.3, 0.4) is 0 Å². The predicted molar refractivity (Wildman–Crippen MR) is 525 cm³/mol. The molecule has 4 aliphatic rings. The number of anilines is 2. The summed E-state index contributed by atoms with van der Waals surface area (Å²) in [6.45, 7) is 4.26. The van der Waals surface area contributed by atoms with Crippen LogP contribution in [0.1, 0.15) is 125 Å². The summed E-state index contributed by atoms with van der Waals surface area (Å²) < 4.78 is 135. The summed E-state index contributed by atoms with van der Waals surface area (Å²) in [5.74, 6) is -2.57. The Morgan fingerprint density at radius 2 is 0.692 bits per heavy atom. The standard InChI is InChI=1S/C29H29F3N2O4.C28H27F3N2O4.C21H23NO3.C21H25NO2.C8H4F3NO2.CH2Cl2.Li.H2O/c1-37-26(35)16-18-28(23-10-8-22(9-11-23)21-6-3-2-4-7-21)17-5-19-34(20-28)27(36)33-24-12-14-25(15-13-24)38-29(30,31)32;29-28(30,31)37-24-13-11-23(12-14-24)32-26(36)33-18-4-16-27(19-33,17-15-25(34)35)22-9-7-21(8-10-22)20-5-2-1-3-6-20;1-25-20(24)12-14-21(13-11-19(23)22-15-21)18-9-7-17(8-10-18)16-5-3-2-4-6-16;1-24-20(23)12-14-21(13-5-15-22-16-21)19-10-8-18(9-11-19)17-6-3-2-4-7-17;9-8(10,11)14-7-3-1-6(2-4-7)12-5-13;2-1-3;;/h2-4,6-15H,5,16-20H2,1H3,(H,33,36);1-3,5-14H,4,15-19H2,(H,32,36)(H,34,35);2-10H,11-15H2,1H3,(H,22,23);2-4,6-11,22H,5,12-16H2,1H3;1-4H;1H2;;1H2/q;;;;;;+1;/p-1. The number of alkyl halides is 11. The molecule has 4 heterocycles. The molecule has 11 aromatic carbocycles. The number of likely N-dealkylation sites (tertiary alicyclic amines) is 2. The number of carboxylic acid groups (broad SMARTS) is 1. The second-order valence-corrected chi connectivity index (χ2v) is 34.8. The number of isocyanates is 1. The number of benzene rings is 11. The van der Waals surface area contributed by atoms with Gasteiger partial charge in [0.25, 0.3) is 0 Å². The molecule has 23 nitrogen and oxygen atoms in total. The summed E-state index contributed by atoms with van der Waals surface area (Å²) in [5, 5.41) is 21.5. The van der Waals surface area contributed by atoms with Crippen molar-refractivity contribution >= 4 is 88.2 Å². The molecule has 4 unspecified atom stereocenters. The van der Waals surface area contributed by atoms with Crippen LogP contribution in [-0.2, 0) is 64.6 Å². The molecule has 4 fully saturated rings. The molecular formula is C108H111Cl2F9LiN7O16. The molecule has 143 heavy (non-hydrogen) atoms. The van der Waals surface area contributed by atoms with Gasteiger partial charge < -0.3 is 70.1 Å². The number of methoxy groups -OCH3 is 3. The topological polar surface area (TPSA) is 309 Å². The Morgan fingerprint density at radius 1 is 0.406 bits per heavy atom. The van der Waals surface area contributed by atoms with E-state index in [-0.39, 0.29) is 106 Å². The summed E-state index contributed by atoms with van der Waals surface area (Å²) in [5.41, 5.74) is 13.3. The number of urea groups is 2. The Hall–Kier alpha value is -13.4. The summed E-state index contributed by atoms with van der Waals surface area (Å²) >= 11 is 9.53. The van der Waals surface area contributed by atoms with Gasteiger partial charge in [0.2, 0.25) is 12.0 Å². The maximum Gasteiger partial charge on any atom is 1.00 e. The third-order valence-corrected chi connectivity index (χ3v) is 24.9. The maximum absolute atomic E-state index is 13.1. The zero-order valence-electron chi connectivity index (χ0n) is 79.3. The normalized spacial score (nSPS) is 17.3. The number of carbonyl (C=O) groups is 7. The molecular weight excluding hydrogens is 1900 g/mol. The van der Waals surface area contributed by atoms with E-state index in [9.17, 15) is 83.0 Å². The molecule has 0 aliphatic carbocycles. The number of nitrogens with one attached hydrogen (secondary N) is 4. The van der Waals surface area contributed by atoms with Crippen molar-refractivity contribution in [3.05, 3.63) is 313 Å². The monoisotopic (exact) mass is 2010 g/mol. The Balaban J connectivity index is 0.000000223. The molecule has 0 bridgehead atoms. The number of nitrogens with zero attached hydrogens (tertiary/aromatic N) is 3. The first kappa shape index (κ1) is 115. The van der Waals surface area contributed by atoms with Crippen LogP contribution in [0.4, 0.5) is 66.2 Å². The first-order valence-electron chi connectivity index (χ1n) is 45.5. The molecule has 4 saturated heterocycles. The van der Waals surface area contributed by atoms with Gasteiger partial charge >= 0.3 is 73.9 Å². The minimum absolute atomic E-state index is 0. The van der Waals surface area contributed by atoms with Gasteiger partial charge in [0, 0.05) is 104 Å². The Bertz CT molecular complexity index is 5840. The van der Waals surface area contributed by atoms with E-state index in [2.05, 4.69) is 138 Å². The summed E-state index contributed by atoms with van der Waals surface area (Å²) in [6, 6.07) is 87.8. The summed E-state index contributed by atoms with van der Waals surface area (Å²) in [7, 11) is 4.23. The van der Waals surface area contributed by atoms with Gasteiger partial charge in [-0.15, -0.1) is 62.7 Å². The number of hydrogen-bond acceptors (Lipinski definition) is 17. The van der Waals surface area contributed by atoms with Crippen LogP contribution in [0.2, 0.25) is 0 Å². The van der Waals surface area contributed by atoms with E-state index in [1.54, 1.807) is 9.80 Å². The van der Waals surface area contributed by atoms with Crippen LogP contribution in [0.5, 0.6) is 17.2 Å². The zero-order valence-corrected chi connectivity index (χ0v) is 80.8. The fourth-order valence-corrected chi connectivity index (χ4v) is 17.7. The summed E-state index contributed by atoms with van der Waals surface area (Å²) in [4.78, 5) is 101. The van der Waals surface area contributed by atoms with Crippen molar-refractivity contribution in [2.45, 2.75) is 143 Å². The number of carbonyl (C=O) groups excluding carboxylic acids is 7. The van der Waals surface area contributed by atoms with Gasteiger partial charge in [0.1, 0.15) is 17.2 Å². The number of rotatable bonds is 26. The summed E-state index contributed by atoms with van der Waals surface area (Å²) in [6.07, 6.45) is -3.20. The van der Waals surface area contributed by atoms with Gasteiger partial charge in [-0.3, -0.25) is 24.0 Å². The number of esters is 3. The van der Waals surface area contributed by atoms with Crippen molar-refractivity contribution in [1.82, 2.24) is 20.4 Å². The van der Waals surface area contributed by atoms with Gasteiger partial charge in [-0.1, -0.05) is 218 Å². The molecule has 752 valence electrons. The fraction of sp³-hybridized carbons (Fsp3) is 0.315. The molecule has 35 heteroatoms. The second-order valence-electron chi connectivity index (χ2n) is 34.0. The van der Waals surface area contributed by atoms with Crippen LogP contribution in [0.25, 0.3) is 44.5 Å². The van der Waals surface area contributed by atoms with Gasteiger partial charge in [-0.25, -0.2) is 14.4 Å². The van der Waals surface area contributed by atoms with E-state index < -0.39 is 41.9 Å². The van der Waals surface area contributed by atoms with Crippen molar-refractivity contribution < 1.29 is 136 Å². The quantitative estimate of drug-likeness (QED) is 0.00640. The van der Waals surface area contributed by atoms with Crippen molar-refractivity contribution in [1.29, 1.82) is 0 Å². The second kappa shape index (κ2) is 55.8. The predicted octanol–water partition coefficient (Wildman–Crippen LogP) is 21.6. The maximum atomic E-state index is 13.1. The minimum Gasteiger partial charge on any atom is -0.870 e. The van der Waals surface area contributed by atoms with Crippen LogP contribution in [0.15, 0.2) is 296 Å². The largest absolute Gasteiger partial charge is 1.00 e. The van der Waals surface area contributed by atoms with E-state index in [1.807, 2.05) is 121 Å². The zero-order chi connectivity index (χ0) is 101. The van der Waals surface area contributed by atoms with Crippen LogP contribution in [-0.4, -0.2) is 160 Å². The first-order chi connectivity index (χ1) is 67.6. The first-order valence-corrected chi connectivity index (χ1v) is 46.6. The molecule has 4 atom stereocenters. The number of halogens is 11. The molecule has 5 amide bonds.